The molecule has 9 nitrogen and oxygen atoms in total. The lowest BCUT2D eigenvalue weighted by atomic mass is 9.84. The summed E-state index contributed by atoms with van der Waals surface area (Å²) in [4.78, 5) is 28.5. The number of hydrogen-bond donors (Lipinski definition) is 1. The molecule has 0 spiro atoms. The number of pyridine rings is 1. The molecule has 1 amide bonds. The zero-order chi connectivity index (χ0) is 38.3. The molecule has 1 aromatic heterocycles. The van der Waals surface area contributed by atoms with E-state index < -0.39 is 80.4 Å². The van der Waals surface area contributed by atoms with Crippen molar-refractivity contribution in [1.29, 1.82) is 0 Å². The number of anilines is 1. The minimum atomic E-state index is -5.80. The highest BCUT2D eigenvalue weighted by Crippen LogP contribution is 2.42. The van der Waals surface area contributed by atoms with Crippen LogP contribution in [0.3, 0.4) is 0 Å². The number of sulfonamides is 1. The van der Waals surface area contributed by atoms with Gasteiger partial charge >= 0.3 is 5.97 Å². The Morgan fingerprint density at radius 3 is 2.10 bits per heavy atom. The van der Waals surface area contributed by atoms with Crippen molar-refractivity contribution in [2.75, 3.05) is 18.6 Å². The van der Waals surface area contributed by atoms with Crippen LogP contribution < -0.4 is 9.64 Å². The van der Waals surface area contributed by atoms with Crippen LogP contribution in [0.2, 0.25) is 0 Å². The van der Waals surface area contributed by atoms with Crippen LogP contribution in [0.1, 0.15) is 72.1 Å². The molecule has 16 heteroatoms. The standard InChI is InChI=1S/C36H33F6N3O6S/c1-36(2,3)24-12-19(11-23(13-24)20-5-6-20)16-45(26-8-7-21(35(47)48)14-27(26)51-4)28(46)18-44(17-22-9-10-43-15-25(22)37)52(49,50)34-32(41)30(39)29(38)31(40)33(34)42/h7-15,20H,5-6,16-18H2,1-4H3,(H,47,48). The molecule has 0 unspecified atom stereocenters. The van der Waals surface area contributed by atoms with E-state index in [1.165, 1.54) is 13.2 Å². The van der Waals surface area contributed by atoms with Gasteiger partial charge in [0.15, 0.2) is 28.2 Å². The first-order chi connectivity index (χ1) is 24.3. The molecular weight excluding hydrogens is 716 g/mol. The van der Waals surface area contributed by atoms with Gasteiger partial charge in [-0.2, -0.15) is 4.31 Å². The quantitative estimate of drug-likeness (QED) is 0.0924. The van der Waals surface area contributed by atoms with E-state index in [-0.39, 0.29) is 39.2 Å². The van der Waals surface area contributed by atoms with Gasteiger partial charge in [-0.3, -0.25) is 9.78 Å². The number of carboxylic acid groups (broad SMARTS) is 1. The molecule has 0 atom stereocenters. The van der Waals surface area contributed by atoms with Gasteiger partial charge in [0.25, 0.3) is 0 Å². The molecule has 0 bridgehead atoms. The molecule has 1 aliphatic carbocycles. The molecule has 1 heterocycles. The summed E-state index contributed by atoms with van der Waals surface area (Å²) in [7, 11) is -4.60. The summed E-state index contributed by atoms with van der Waals surface area (Å²) in [6, 6.07) is 10.3. The van der Waals surface area contributed by atoms with Crippen molar-refractivity contribution < 1.29 is 54.2 Å². The summed E-state index contributed by atoms with van der Waals surface area (Å²) in [5.74, 6) is -16.5. The number of nitrogens with zero attached hydrogens (tertiary/aromatic N) is 3. The molecule has 0 saturated heterocycles. The smallest absolute Gasteiger partial charge is 0.335 e. The van der Waals surface area contributed by atoms with E-state index in [4.69, 9.17) is 4.74 Å². The second kappa shape index (κ2) is 14.6. The van der Waals surface area contributed by atoms with Crippen molar-refractivity contribution in [3.05, 3.63) is 118 Å². The Bertz CT molecular complexity index is 2140. The number of ether oxygens (including phenoxy) is 1. The topological polar surface area (TPSA) is 117 Å². The van der Waals surface area contributed by atoms with E-state index in [1.54, 1.807) is 0 Å². The fourth-order valence-electron chi connectivity index (χ4n) is 5.54. The Morgan fingerprint density at radius 2 is 1.54 bits per heavy atom. The van der Waals surface area contributed by atoms with Crippen molar-refractivity contribution in [3.63, 3.8) is 0 Å². The molecule has 0 aliphatic heterocycles. The first-order valence-electron chi connectivity index (χ1n) is 15.8. The number of benzene rings is 3. The second-order valence-electron chi connectivity index (χ2n) is 13.3. The number of halogens is 6. The predicted molar refractivity (Wildman–Crippen MR) is 176 cm³/mol. The van der Waals surface area contributed by atoms with Crippen LogP contribution in [-0.4, -0.2) is 48.3 Å². The summed E-state index contributed by atoms with van der Waals surface area (Å²) in [6.07, 6.45) is 3.64. The fourth-order valence-corrected chi connectivity index (χ4v) is 7.02. The maximum Gasteiger partial charge on any atom is 0.335 e. The summed E-state index contributed by atoms with van der Waals surface area (Å²) in [5, 5.41) is 9.57. The number of carbonyl (C=O) groups excluding carboxylic acids is 1. The van der Waals surface area contributed by atoms with E-state index in [0.717, 1.165) is 53.3 Å². The Balaban J connectivity index is 1.67. The minimum Gasteiger partial charge on any atom is -0.495 e. The number of carbonyl (C=O) groups is 2. The predicted octanol–water partition coefficient (Wildman–Crippen LogP) is 7.22. The van der Waals surface area contributed by atoms with E-state index in [9.17, 15) is 49.5 Å². The van der Waals surface area contributed by atoms with Gasteiger partial charge in [0.05, 0.1) is 37.6 Å². The summed E-state index contributed by atoms with van der Waals surface area (Å²) < 4.78 is 121. The van der Waals surface area contributed by atoms with E-state index in [2.05, 4.69) is 11.1 Å². The van der Waals surface area contributed by atoms with Gasteiger partial charge in [0.2, 0.25) is 21.7 Å². The van der Waals surface area contributed by atoms with E-state index >= 15 is 0 Å². The van der Waals surface area contributed by atoms with E-state index in [0.29, 0.717) is 11.8 Å². The van der Waals surface area contributed by atoms with Gasteiger partial charge in [-0.1, -0.05) is 39.0 Å². The van der Waals surface area contributed by atoms with Crippen LogP contribution in [-0.2, 0) is 33.3 Å². The Kier molecular flexibility index (Phi) is 10.7. The van der Waals surface area contributed by atoms with Crippen LogP contribution >= 0.6 is 0 Å². The van der Waals surface area contributed by atoms with Crippen LogP contribution in [0.5, 0.6) is 5.75 Å². The number of methoxy groups -OCH3 is 1. The molecule has 5 rings (SSSR count). The highest BCUT2D eigenvalue weighted by atomic mass is 32.2. The van der Waals surface area contributed by atoms with Gasteiger partial charge in [-0.25, -0.2) is 39.6 Å². The van der Waals surface area contributed by atoms with Crippen LogP contribution in [0.4, 0.5) is 32.0 Å². The van der Waals surface area contributed by atoms with Gasteiger partial charge in [0.1, 0.15) is 11.6 Å². The Labute approximate surface area is 295 Å². The highest BCUT2D eigenvalue weighted by molar-refractivity contribution is 7.89. The van der Waals surface area contributed by atoms with Crippen LogP contribution in [0, 0.1) is 34.9 Å². The lowest BCUT2D eigenvalue weighted by Crippen LogP contribution is -2.43. The van der Waals surface area contributed by atoms with Gasteiger partial charge in [0, 0.05) is 18.3 Å². The lowest BCUT2D eigenvalue weighted by Gasteiger charge is -2.30. The number of aromatic nitrogens is 1. The number of amides is 1. The van der Waals surface area contributed by atoms with Gasteiger partial charge in [-0.05, 0) is 65.1 Å². The van der Waals surface area contributed by atoms with E-state index in [1.807, 2.05) is 32.9 Å². The molecule has 0 radical (unpaired) electrons. The van der Waals surface area contributed by atoms with Gasteiger partial charge in [-0.15, -0.1) is 0 Å². The number of hydrogen-bond acceptors (Lipinski definition) is 6. The summed E-state index contributed by atoms with van der Waals surface area (Å²) in [5.41, 5.74) is 1.42. The van der Waals surface area contributed by atoms with Crippen LogP contribution in [0.25, 0.3) is 0 Å². The third-order valence-corrected chi connectivity index (χ3v) is 10.4. The summed E-state index contributed by atoms with van der Waals surface area (Å²) >= 11 is 0. The third-order valence-electron chi connectivity index (χ3n) is 8.57. The van der Waals surface area contributed by atoms with Gasteiger partial charge < -0.3 is 14.7 Å². The molecule has 1 saturated carbocycles. The van der Waals surface area contributed by atoms with Crippen molar-refractivity contribution in [2.45, 2.75) is 62.9 Å². The molecule has 3 aromatic carbocycles. The maximum atomic E-state index is 15.0. The Hall–Kier alpha value is -4.96. The second-order valence-corrected chi connectivity index (χ2v) is 15.2. The number of aromatic carboxylic acids is 1. The average molecular weight is 750 g/mol. The first kappa shape index (κ1) is 38.3. The number of carboxylic acids is 1. The molecule has 1 aliphatic rings. The monoisotopic (exact) mass is 749 g/mol. The summed E-state index contributed by atoms with van der Waals surface area (Å²) in [6.45, 7) is 3.27. The molecule has 1 N–H and O–H groups in total. The normalized spacial score (nSPS) is 13.4. The highest BCUT2D eigenvalue weighted by Gasteiger charge is 2.39. The minimum absolute atomic E-state index is 0.0460. The zero-order valence-corrected chi connectivity index (χ0v) is 29.1. The maximum absolute atomic E-state index is 15.0. The lowest BCUT2D eigenvalue weighted by molar-refractivity contribution is -0.119. The largest absolute Gasteiger partial charge is 0.495 e. The van der Waals surface area contributed by atoms with Crippen molar-refractivity contribution in [1.82, 2.24) is 9.29 Å². The van der Waals surface area contributed by atoms with Crippen LogP contribution in [0.15, 0.2) is 59.8 Å². The van der Waals surface area contributed by atoms with Crippen molar-refractivity contribution >= 4 is 27.6 Å². The Morgan fingerprint density at radius 1 is 0.904 bits per heavy atom. The van der Waals surface area contributed by atoms with Crippen molar-refractivity contribution in [3.8, 4) is 5.75 Å². The van der Waals surface area contributed by atoms with Crippen molar-refractivity contribution in [2.24, 2.45) is 0 Å². The molecular formula is C36H33F6N3O6S. The fraction of sp³-hybridized carbons (Fsp3) is 0.306. The number of rotatable bonds is 12. The first-order valence-corrected chi connectivity index (χ1v) is 17.2. The SMILES string of the molecule is COc1cc(C(=O)O)ccc1N(Cc1cc(C2CC2)cc(C(C)(C)C)c1)C(=O)CN(Cc1ccncc1F)S(=O)(=O)c1c(F)c(F)c(F)c(F)c1F. The molecule has 1 fully saturated rings. The molecule has 4 aromatic rings. The molecule has 52 heavy (non-hydrogen) atoms. The third kappa shape index (κ3) is 7.77. The zero-order valence-electron chi connectivity index (χ0n) is 28.3. The molecule has 276 valence electrons. The average Bonchev–Trinajstić information content (AvgIpc) is 3.94.